The lowest BCUT2D eigenvalue weighted by molar-refractivity contribution is 0.792. The summed E-state index contributed by atoms with van der Waals surface area (Å²) in [6.07, 6.45) is 1.13. The molecular weight excluding hydrogens is 277 g/mol. The van der Waals surface area contributed by atoms with Crippen LogP contribution in [0.25, 0.3) is 10.2 Å². The number of halogens is 2. The largest absolute Gasteiger partial charge is 0.357 e. The Balaban J connectivity index is 1.93. The molecule has 2 heterocycles. The van der Waals surface area contributed by atoms with Crippen molar-refractivity contribution < 1.29 is 0 Å². The first-order valence-corrected chi connectivity index (χ1v) is 7.02. The minimum atomic E-state index is 0.463. The summed E-state index contributed by atoms with van der Waals surface area (Å²) in [5.74, 6) is 0. The van der Waals surface area contributed by atoms with Crippen LogP contribution in [0.5, 0.6) is 0 Å². The Morgan fingerprint density at radius 3 is 3.06 bits per heavy atom. The minimum absolute atomic E-state index is 0.463. The van der Waals surface area contributed by atoms with Gasteiger partial charge in [-0.1, -0.05) is 34.5 Å². The van der Waals surface area contributed by atoms with Crippen molar-refractivity contribution in [3.63, 3.8) is 0 Å². The van der Waals surface area contributed by atoms with E-state index in [0.29, 0.717) is 16.1 Å². The third kappa shape index (κ3) is 2.36. The van der Waals surface area contributed by atoms with Gasteiger partial charge in [0.05, 0.1) is 15.2 Å². The molecule has 1 saturated heterocycles. The van der Waals surface area contributed by atoms with Crippen molar-refractivity contribution in [3.8, 4) is 0 Å². The molecule has 6 heteroatoms. The number of nitrogens with one attached hydrogen (secondary N) is 2. The Morgan fingerprint density at radius 2 is 2.29 bits per heavy atom. The second-order valence-electron chi connectivity index (χ2n) is 4.09. The molecular formula is C11H11Cl2N3S. The maximum Gasteiger partial charge on any atom is 0.184 e. The maximum atomic E-state index is 6.14. The molecule has 3 rings (SSSR count). The van der Waals surface area contributed by atoms with E-state index in [1.54, 1.807) is 17.4 Å². The summed E-state index contributed by atoms with van der Waals surface area (Å²) in [7, 11) is 0. The first-order chi connectivity index (χ1) is 8.22. The predicted octanol–water partition coefficient (Wildman–Crippen LogP) is 3.38. The number of thiazole rings is 1. The SMILES string of the molecule is Clc1cc(Cl)c2sc(NC3CCNC3)nc2c1. The van der Waals surface area contributed by atoms with Crippen molar-refractivity contribution in [2.24, 2.45) is 0 Å². The smallest absolute Gasteiger partial charge is 0.184 e. The lowest BCUT2D eigenvalue weighted by atomic mass is 10.3. The van der Waals surface area contributed by atoms with Crippen LogP contribution in [0.4, 0.5) is 5.13 Å². The second-order valence-corrected chi connectivity index (χ2v) is 5.93. The number of anilines is 1. The molecule has 1 aliphatic rings. The summed E-state index contributed by atoms with van der Waals surface area (Å²) in [6.45, 7) is 2.06. The van der Waals surface area contributed by atoms with Gasteiger partial charge in [0.15, 0.2) is 5.13 Å². The highest BCUT2D eigenvalue weighted by atomic mass is 35.5. The van der Waals surface area contributed by atoms with Crippen molar-refractivity contribution in [2.45, 2.75) is 12.5 Å². The molecule has 2 N–H and O–H groups in total. The average molecular weight is 288 g/mol. The summed E-state index contributed by atoms with van der Waals surface area (Å²) < 4.78 is 0.990. The average Bonchev–Trinajstić information content (AvgIpc) is 2.87. The van der Waals surface area contributed by atoms with Crippen LogP contribution in [0.3, 0.4) is 0 Å². The summed E-state index contributed by atoms with van der Waals surface area (Å²) in [6, 6.07) is 4.06. The third-order valence-electron chi connectivity index (χ3n) is 2.80. The molecule has 1 fully saturated rings. The molecule has 0 amide bonds. The van der Waals surface area contributed by atoms with Gasteiger partial charge in [0, 0.05) is 17.6 Å². The number of rotatable bonds is 2. The van der Waals surface area contributed by atoms with E-state index in [1.807, 2.05) is 6.07 Å². The van der Waals surface area contributed by atoms with E-state index in [-0.39, 0.29) is 0 Å². The third-order valence-corrected chi connectivity index (χ3v) is 4.46. The molecule has 90 valence electrons. The molecule has 0 spiro atoms. The minimum Gasteiger partial charge on any atom is -0.357 e. The monoisotopic (exact) mass is 287 g/mol. The number of hydrogen-bond acceptors (Lipinski definition) is 4. The quantitative estimate of drug-likeness (QED) is 0.889. The lowest BCUT2D eigenvalue weighted by Gasteiger charge is -2.08. The van der Waals surface area contributed by atoms with E-state index in [4.69, 9.17) is 23.2 Å². The van der Waals surface area contributed by atoms with Gasteiger partial charge < -0.3 is 10.6 Å². The van der Waals surface area contributed by atoms with Crippen LogP contribution < -0.4 is 10.6 Å². The van der Waals surface area contributed by atoms with Crippen LogP contribution in [0.2, 0.25) is 10.0 Å². The Bertz CT molecular complexity index is 549. The Labute approximate surface area is 113 Å². The van der Waals surface area contributed by atoms with Gasteiger partial charge in [-0.25, -0.2) is 4.98 Å². The van der Waals surface area contributed by atoms with Gasteiger partial charge in [-0.2, -0.15) is 0 Å². The Kier molecular flexibility index (Phi) is 3.13. The summed E-state index contributed by atoms with van der Waals surface area (Å²) in [5.41, 5.74) is 0.862. The van der Waals surface area contributed by atoms with Gasteiger partial charge in [0.1, 0.15) is 0 Å². The van der Waals surface area contributed by atoms with Crippen molar-refractivity contribution in [1.82, 2.24) is 10.3 Å². The second kappa shape index (κ2) is 4.61. The zero-order valence-corrected chi connectivity index (χ0v) is 11.3. The molecule has 1 aromatic heterocycles. The van der Waals surface area contributed by atoms with Gasteiger partial charge in [0.2, 0.25) is 0 Å². The van der Waals surface area contributed by atoms with E-state index in [2.05, 4.69) is 15.6 Å². The van der Waals surface area contributed by atoms with E-state index in [1.165, 1.54) is 0 Å². The number of aromatic nitrogens is 1. The van der Waals surface area contributed by atoms with Crippen LogP contribution in [0, 0.1) is 0 Å². The Morgan fingerprint density at radius 1 is 1.41 bits per heavy atom. The highest BCUT2D eigenvalue weighted by molar-refractivity contribution is 7.22. The van der Waals surface area contributed by atoms with Gasteiger partial charge >= 0.3 is 0 Å². The molecule has 3 nitrogen and oxygen atoms in total. The van der Waals surface area contributed by atoms with Gasteiger partial charge in [0.25, 0.3) is 0 Å². The number of nitrogens with zero attached hydrogens (tertiary/aromatic N) is 1. The number of hydrogen-bond donors (Lipinski definition) is 2. The maximum absolute atomic E-state index is 6.14. The predicted molar refractivity (Wildman–Crippen MR) is 74.5 cm³/mol. The Hall–Kier alpha value is -0.550. The molecule has 2 aromatic rings. The molecule has 0 radical (unpaired) electrons. The first-order valence-electron chi connectivity index (χ1n) is 5.45. The summed E-state index contributed by atoms with van der Waals surface area (Å²) in [4.78, 5) is 4.51. The molecule has 0 bridgehead atoms. The van der Waals surface area contributed by atoms with Gasteiger partial charge in [-0.3, -0.25) is 0 Å². The summed E-state index contributed by atoms with van der Waals surface area (Å²) in [5, 5.41) is 8.94. The van der Waals surface area contributed by atoms with E-state index < -0.39 is 0 Å². The van der Waals surface area contributed by atoms with Crippen molar-refractivity contribution in [3.05, 3.63) is 22.2 Å². The molecule has 17 heavy (non-hydrogen) atoms. The molecule has 1 atom stereocenters. The molecule has 1 unspecified atom stereocenters. The van der Waals surface area contributed by atoms with E-state index >= 15 is 0 Å². The fourth-order valence-electron chi connectivity index (χ4n) is 1.97. The van der Waals surface area contributed by atoms with Crippen molar-refractivity contribution in [1.29, 1.82) is 0 Å². The van der Waals surface area contributed by atoms with Crippen LogP contribution in [0.15, 0.2) is 12.1 Å². The van der Waals surface area contributed by atoms with Gasteiger partial charge in [-0.05, 0) is 25.1 Å². The normalized spacial score (nSPS) is 20.0. The zero-order valence-electron chi connectivity index (χ0n) is 8.96. The molecule has 1 aliphatic heterocycles. The van der Waals surface area contributed by atoms with Crippen LogP contribution in [0.1, 0.15) is 6.42 Å². The topological polar surface area (TPSA) is 37.0 Å². The molecule has 1 aromatic carbocycles. The van der Waals surface area contributed by atoms with Crippen LogP contribution >= 0.6 is 34.5 Å². The number of benzene rings is 1. The molecule has 0 aliphatic carbocycles. The standard InChI is InChI=1S/C11H11Cl2N3S/c12-6-3-8(13)10-9(4-6)16-11(17-10)15-7-1-2-14-5-7/h3-4,7,14H,1-2,5H2,(H,15,16). The van der Waals surface area contributed by atoms with E-state index in [0.717, 1.165) is 34.9 Å². The van der Waals surface area contributed by atoms with Crippen LogP contribution in [-0.4, -0.2) is 24.1 Å². The van der Waals surface area contributed by atoms with Crippen molar-refractivity contribution >= 4 is 49.9 Å². The molecule has 0 saturated carbocycles. The highest BCUT2D eigenvalue weighted by Gasteiger charge is 2.16. The van der Waals surface area contributed by atoms with Gasteiger partial charge in [-0.15, -0.1) is 0 Å². The highest BCUT2D eigenvalue weighted by Crippen LogP contribution is 2.34. The lowest BCUT2D eigenvalue weighted by Crippen LogP contribution is -2.21. The summed E-state index contributed by atoms with van der Waals surface area (Å²) >= 11 is 13.7. The number of fused-ring (bicyclic) bond motifs is 1. The first kappa shape index (κ1) is 11.5. The van der Waals surface area contributed by atoms with Crippen molar-refractivity contribution in [2.75, 3.05) is 18.4 Å². The fraction of sp³-hybridized carbons (Fsp3) is 0.364. The van der Waals surface area contributed by atoms with E-state index in [9.17, 15) is 0 Å². The zero-order chi connectivity index (χ0) is 11.8. The van der Waals surface area contributed by atoms with Crippen LogP contribution in [-0.2, 0) is 0 Å². The fourth-order valence-corrected chi connectivity index (χ4v) is 3.50.